The van der Waals surface area contributed by atoms with E-state index in [1.54, 1.807) is 12.1 Å². The minimum atomic E-state index is -0.883. The molecule has 0 saturated heterocycles. The molecular weight excluding hydrogens is 212 g/mol. The van der Waals surface area contributed by atoms with E-state index in [-0.39, 0.29) is 6.42 Å². The molecule has 2 aromatic rings. The van der Waals surface area contributed by atoms with Crippen LogP contribution >= 0.6 is 0 Å². The van der Waals surface area contributed by atoms with Crippen molar-refractivity contribution in [2.24, 2.45) is 0 Å². The smallest absolute Gasteiger partial charge is 0.0782 e. The fourth-order valence-corrected chi connectivity index (χ4v) is 1.82. The van der Waals surface area contributed by atoms with Gasteiger partial charge in [-0.05, 0) is 12.0 Å². The highest BCUT2D eigenvalue weighted by molar-refractivity contribution is 5.20. The van der Waals surface area contributed by atoms with Gasteiger partial charge in [-0.3, -0.25) is 0 Å². The quantitative estimate of drug-likeness (QED) is 0.870. The largest absolute Gasteiger partial charge is 0.848 e. The minimum absolute atomic E-state index is 0.202. The Morgan fingerprint density at radius 1 is 0.824 bits per heavy atom. The highest BCUT2D eigenvalue weighted by Crippen LogP contribution is 2.23. The van der Waals surface area contributed by atoms with E-state index in [1.165, 1.54) is 0 Å². The fourth-order valence-electron chi connectivity index (χ4n) is 1.82. The first-order chi connectivity index (χ1) is 8.27. The molecule has 0 aliphatic rings. The number of aliphatic hydroxyl groups is 1. The van der Waals surface area contributed by atoms with Crippen molar-refractivity contribution in [3.05, 3.63) is 71.8 Å². The third kappa shape index (κ3) is 3.16. The van der Waals surface area contributed by atoms with Crippen LogP contribution in [0.2, 0.25) is 0 Å². The second kappa shape index (κ2) is 5.62. The van der Waals surface area contributed by atoms with Crippen LogP contribution in [0.5, 0.6) is 0 Å². The van der Waals surface area contributed by atoms with Gasteiger partial charge in [0.05, 0.1) is 6.10 Å². The minimum Gasteiger partial charge on any atom is -0.848 e. The number of benzene rings is 2. The Bertz CT molecular complexity index is 395. The molecule has 2 unspecified atom stereocenters. The summed E-state index contributed by atoms with van der Waals surface area (Å²) in [6.45, 7) is 0. The first-order valence-electron chi connectivity index (χ1n) is 5.71. The lowest BCUT2D eigenvalue weighted by molar-refractivity contribution is -0.431. The Morgan fingerprint density at radius 2 is 1.29 bits per heavy atom. The third-order valence-electron chi connectivity index (χ3n) is 2.79. The van der Waals surface area contributed by atoms with E-state index < -0.39 is 12.2 Å². The van der Waals surface area contributed by atoms with Crippen LogP contribution in [-0.2, 0) is 0 Å². The van der Waals surface area contributed by atoms with Gasteiger partial charge in [0.15, 0.2) is 0 Å². The summed E-state index contributed by atoms with van der Waals surface area (Å²) < 4.78 is 0. The van der Waals surface area contributed by atoms with Crippen LogP contribution in [0.1, 0.15) is 29.8 Å². The molecule has 0 saturated carbocycles. The van der Waals surface area contributed by atoms with E-state index in [1.807, 2.05) is 48.5 Å². The number of rotatable bonds is 4. The Balaban J connectivity index is 2.02. The zero-order valence-electron chi connectivity index (χ0n) is 9.49. The van der Waals surface area contributed by atoms with Gasteiger partial charge < -0.3 is 10.2 Å². The van der Waals surface area contributed by atoms with Crippen LogP contribution in [0.4, 0.5) is 0 Å². The van der Waals surface area contributed by atoms with Gasteiger partial charge in [0.1, 0.15) is 0 Å². The maximum Gasteiger partial charge on any atom is 0.0782 e. The lowest BCUT2D eigenvalue weighted by atomic mass is 9.99. The zero-order chi connectivity index (χ0) is 12.1. The summed E-state index contributed by atoms with van der Waals surface area (Å²) in [6.07, 6.45) is -1.38. The third-order valence-corrected chi connectivity index (χ3v) is 2.79. The summed E-state index contributed by atoms with van der Waals surface area (Å²) in [7, 11) is 0. The number of hydrogen-bond acceptors (Lipinski definition) is 2. The second-order valence-corrected chi connectivity index (χ2v) is 4.06. The lowest BCUT2D eigenvalue weighted by Crippen LogP contribution is -2.18. The van der Waals surface area contributed by atoms with Gasteiger partial charge in [-0.2, -0.15) is 0 Å². The molecule has 0 spiro atoms. The topological polar surface area (TPSA) is 43.3 Å². The molecule has 1 N–H and O–H groups in total. The molecule has 2 rings (SSSR count). The Kier molecular flexibility index (Phi) is 3.91. The van der Waals surface area contributed by atoms with Crippen molar-refractivity contribution in [2.75, 3.05) is 0 Å². The monoisotopic (exact) mass is 227 g/mol. The van der Waals surface area contributed by atoms with Gasteiger partial charge >= 0.3 is 0 Å². The molecule has 0 aliphatic heterocycles. The van der Waals surface area contributed by atoms with E-state index in [0.29, 0.717) is 0 Å². The van der Waals surface area contributed by atoms with Crippen LogP contribution in [0.15, 0.2) is 60.7 Å². The molecule has 0 amide bonds. The Morgan fingerprint density at radius 3 is 1.82 bits per heavy atom. The van der Waals surface area contributed by atoms with Crippen LogP contribution in [0.25, 0.3) is 0 Å². The van der Waals surface area contributed by atoms with Crippen molar-refractivity contribution < 1.29 is 10.2 Å². The molecule has 0 aromatic heterocycles. The van der Waals surface area contributed by atoms with Crippen LogP contribution in [0, 0.1) is 0 Å². The standard InChI is InChI=1S/C15H15O2/c16-14(12-7-3-1-4-8-12)11-15(17)13-9-5-2-6-10-13/h1-10,14-16H,11H2/q-1. The first-order valence-corrected chi connectivity index (χ1v) is 5.71. The Labute approximate surface area is 101 Å². The maximum atomic E-state index is 12.0. The van der Waals surface area contributed by atoms with Crippen LogP contribution in [-0.4, -0.2) is 5.11 Å². The molecule has 17 heavy (non-hydrogen) atoms. The lowest BCUT2D eigenvalue weighted by Gasteiger charge is -2.25. The van der Waals surface area contributed by atoms with Crippen molar-refractivity contribution in [3.8, 4) is 0 Å². The normalized spacial score (nSPS) is 14.2. The van der Waals surface area contributed by atoms with Gasteiger partial charge in [0.25, 0.3) is 0 Å². The number of hydrogen-bond donors (Lipinski definition) is 1. The molecule has 2 aromatic carbocycles. The fraction of sp³-hybridized carbons (Fsp3) is 0.200. The summed E-state index contributed by atoms with van der Waals surface area (Å²) >= 11 is 0. The zero-order valence-corrected chi connectivity index (χ0v) is 9.49. The molecule has 0 fully saturated rings. The molecule has 0 aliphatic carbocycles. The molecule has 2 heteroatoms. The number of aliphatic hydroxyl groups excluding tert-OH is 1. The van der Waals surface area contributed by atoms with E-state index >= 15 is 0 Å². The molecule has 0 bridgehead atoms. The van der Waals surface area contributed by atoms with E-state index in [4.69, 9.17) is 0 Å². The van der Waals surface area contributed by atoms with E-state index in [2.05, 4.69) is 0 Å². The highest BCUT2D eigenvalue weighted by Gasteiger charge is 2.09. The molecule has 2 nitrogen and oxygen atoms in total. The highest BCUT2D eigenvalue weighted by atomic mass is 16.3. The van der Waals surface area contributed by atoms with E-state index in [9.17, 15) is 10.2 Å². The van der Waals surface area contributed by atoms with Crippen LogP contribution < -0.4 is 5.11 Å². The van der Waals surface area contributed by atoms with Gasteiger partial charge in [0, 0.05) is 0 Å². The molecule has 0 radical (unpaired) electrons. The maximum absolute atomic E-state index is 12.0. The van der Waals surface area contributed by atoms with Crippen molar-refractivity contribution >= 4 is 0 Å². The Hall–Kier alpha value is -1.64. The summed E-state index contributed by atoms with van der Waals surface area (Å²) in [6, 6.07) is 18.5. The SMILES string of the molecule is [O-]C(CC(O)c1ccccc1)c1ccccc1. The molecule has 2 atom stereocenters. The average Bonchev–Trinajstić information content (AvgIpc) is 2.40. The molecule has 0 heterocycles. The molecular formula is C15H15O2-. The second-order valence-electron chi connectivity index (χ2n) is 4.06. The predicted octanol–water partition coefficient (Wildman–Crippen LogP) is 2.21. The van der Waals surface area contributed by atoms with Gasteiger partial charge in [-0.25, -0.2) is 0 Å². The van der Waals surface area contributed by atoms with Crippen molar-refractivity contribution in [3.63, 3.8) is 0 Å². The first kappa shape index (κ1) is 11.8. The summed E-state index contributed by atoms with van der Waals surface area (Å²) in [4.78, 5) is 0. The van der Waals surface area contributed by atoms with Crippen molar-refractivity contribution in [1.29, 1.82) is 0 Å². The van der Waals surface area contributed by atoms with Gasteiger partial charge in [-0.1, -0.05) is 72.3 Å². The summed E-state index contributed by atoms with van der Waals surface area (Å²) in [5.74, 6) is 0. The van der Waals surface area contributed by atoms with Crippen LogP contribution in [0.3, 0.4) is 0 Å². The summed E-state index contributed by atoms with van der Waals surface area (Å²) in [5, 5.41) is 21.9. The van der Waals surface area contributed by atoms with E-state index in [0.717, 1.165) is 11.1 Å². The summed E-state index contributed by atoms with van der Waals surface area (Å²) in [5.41, 5.74) is 1.52. The predicted molar refractivity (Wildman–Crippen MR) is 65.2 cm³/mol. The average molecular weight is 227 g/mol. The van der Waals surface area contributed by atoms with Crippen molar-refractivity contribution in [2.45, 2.75) is 18.6 Å². The van der Waals surface area contributed by atoms with Crippen molar-refractivity contribution in [1.82, 2.24) is 0 Å². The van der Waals surface area contributed by atoms with Gasteiger partial charge in [0.2, 0.25) is 0 Å². The molecule has 88 valence electrons. The van der Waals surface area contributed by atoms with Gasteiger partial charge in [-0.15, -0.1) is 0 Å².